The summed E-state index contributed by atoms with van der Waals surface area (Å²) in [5.74, 6) is -0.205. The van der Waals surface area contributed by atoms with Crippen LogP contribution in [0, 0.1) is 5.82 Å². The molecule has 0 bridgehead atoms. The highest BCUT2D eigenvalue weighted by Crippen LogP contribution is 2.43. The Balaban J connectivity index is 2.79. The second-order valence-corrected chi connectivity index (χ2v) is 4.11. The van der Waals surface area contributed by atoms with Gasteiger partial charge in [0.15, 0.2) is 0 Å². The largest absolute Gasteiger partial charge is 0.318 e. The predicted molar refractivity (Wildman–Crippen MR) is 56.2 cm³/mol. The topological polar surface area (TPSA) is 26.0 Å². The van der Waals surface area contributed by atoms with Crippen molar-refractivity contribution in [2.75, 3.05) is 0 Å². The molecule has 1 aromatic carbocycles. The highest BCUT2D eigenvalue weighted by atomic mass is 19.1. The van der Waals surface area contributed by atoms with Crippen molar-refractivity contribution in [3.05, 3.63) is 40.7 Å². The number of benzene rings is 1. The van der Waals surface area contributed by atoms with Gasteiger partial charge in [0.25, 0.3) is 0 Å². The molecular weight excluding hydrogens is 177 g/mol. The molecule has 14 heavy (non-hydrogen) atoms. The summed E-state index contributed by atoms with van der Waals surface area (Å²) >= 11 is 0. The van der Waals surface area contributed by atoms with Crippen LogP contribution >= 0.6 is 0 Å². The zero-order valence-electron chi connectivity index (χ0n) is 8.69. The Kier molecular flexibility index (Phi) is 1.80. The molecule has 1 aliphatic carbocycles. The highest BCUT2D eigenvalue weighted by Gasteiger charge is 2.36. The highest BCUT2D eigenvalue weighted by molar-refractivity contribution is 5.78. The average Bonchev–Trinajstić information content (AvgIpc) is 2.29. The Morgan fingerprint density at radius 3 is 2.50 bits per heavy atom. The molecule has 1 unspecified atom stereocenters. The Bertz CT molecular complexity index is 430. The van der Waals surface area contributed by atoms with Crippen molar-refractivity contribution in [1.82, 2.24) is 0 Å². The molecule has 1 atom stereocenters. The van der Waals surface area contributed by atoms with E-state index in [4.69, 9.17) is 5.73 Å². The third kappa shape index (κ3) is 0.976. The van der Waals surface area contributed by atoms with Crippen molar-refractivity contribution in [3.63, 3.8) is 0 Å². The summed E-state index contributed by atoms with van der Waals surface area (Å²) in [5.41, 5.74) is 9.22. The Labute approximate surface area is 83.4 Å². The molecule has 74 valence electrons. The number of rotatable bonds is 0. The minimum atomic E-state index is -0.648. The lowest BCUT2D eigenvalue weighted by molar-refractivity contribution is 0.532. The van der Waals surface area contributed by atoms with Crippen LogP contribution in [0.1, 0.15) is 31.9 Å². The summed E-state index contributed by atoms with van der Waals surface area (Å²) in [4.78, 5) is 0. The summed E-state index contributed by atoms with van der Waals surface area (Å²) in [6, 6.07) is 5.12. The van der Waals surface area contributed by atoms with Gasteiger partial charge < -0.3 is 5.73 Å². The van der Waals surface area contributed by atoms with Crippen molar-refractivity contribution in [2.45, 2.75) is 26.3 Å². The Morgan fingerprint density at radius 1 is 1.29 bits per heavy atom. The van der Waals surface area contributed by atoms with Crippen LogP contribution in [-0.4, -0.2) is 0 Å². The van der Waals surface area contributed by atoms with E-state index in [9.17, 15) is 4.39 Å². The number of halogens is 1. The van der Waals surface area contributed by atoms with Crippen LogP contribution in [0.4, 0.5) is 4.39 Å². The molecule has 0 saturated carbocycles. The number of allylic oxidation sites excluding steroid dienone is 1. The van der Waals surface area contributed by atoms with E-state index in [0.717, 1.165) is 16.7 Å². The molecule has 0 spiro atoms. The fourth-order valence-corrected chi connectivity index (χ4v) is 2.14. The molecule has 2 heteroatoms. The SMILES string of the molecule is CC1=C(C)C(C)(N)c2c(F)cccc21. The third-order valence-electron chi connectivity index (χ3n) is 3.28. The summed E-state index contributed by atoms with van der Waals surface area (Å²) in [6.45, 7) is 5.82. The van der Waals surface area contributed by atoms with Crippen LogP contribution in [0.15, 0.2) is 23.8 Å². The fraction of sp³-hybridized carbons (Fsp3) is 0.333. The monoisotopic (exact) mass is 191 g/mol. The van der Waals surface area contributed by atoms with Crippen molar-refractivity contribution in [3.8, 4) is 0 Å². The summed E-state index contributed by atoms with van der Waals surface area (Å²) < 4.78 is 13.6. The van der Waals surface area contributed by atoms with Gasteiger partial charge in [-0.2, -0.15) is 0 Å². The van der Waals surface area contributed by atoms with Crippen molar-refractivity contribution >= 4 is 5.57 Å². The van der Waals surface area contributed by atoms with Crippen LogP contribution in [0.25, 0.3) is 5.57 Å². The molecule has 1 aliphatic rings. The minimum Gasteiger partial charge on any atom is -0.318 e. The van der Waals surface area contributed by atoms with Crippen LogP contribution in [0.2, 0.25) is 0 Å². The quantitative estimate of drug-likeness (QED) is 0.670. The molecule has 1 aromatic rings. The molecule has 0 radical (unpaired) electrons. The van der Waals surface area contributed by atoms with Gasteiger partial charge in [-0.1, -0.05) is 12.1 Å². The van der Waals surface area contributed by atoms with E-state index in [0.29, 0.717) is 5.56 Å². The van der Waals surface area contributed by atoms with Crippen LogP contribution in [-0.2, 0) is 5.54 Å². The Hall–Kier alpha value is -1.15. The molecule has 0 saturated heterocycles. The standard InChI is InChI=1S/C12H14FN/c1-7-8(2)12(3,14)11-9(7)5-4-6-10(11)13/h4-6H,14H2,1-3H3. The lowest BCUT2D eigenvalue weighted by Gasteiger charge is -2.22. The first-order chi connectivity index (χ1) is 6.46. The van der Waals surface area contributed by atoms with E-state index in [1.165, 1.54) is 6.07 Å². The molecule has 0 aliphatic heterocycles. The van der Waals surface area contributed by atoms with Crippen LogP contribution in [0.5, 0.6) is 0 Å². The minimum absolute atomic E-state index is 0.205. The number of nitrogens with two attached hydrogens (primary N) is 1. The van der Waals surface area contributed by atoms with Gasteiger partial charge in [-0.25, -0.2) is 4.39 Å². The molecular formula is C12H14FN. The maximum absolute atomic E-state index is 13.6. The van der Waals surface area contributed by atoms with E-state index in [1.807, 2.05) is 26.8 Å². The first kappa shape index (κ1) is 9.41. The van der Waals surface area contributed by atoms with E-state index in [1.54, 1.807) is 6.07 Å². The zero-order chi connectivity index (χ0) is 10.5. The molecule has 0 aromatic heterocycles. The predicted octanol–water partition coefficient (Wildman–Crippen LogP) is 2.81. The molecule has 2 N–H and O–H groups in total. The van der Waals surface area contributed by atoms with E-state index < -0.39 is 5.54 Å². The maximum Gasteiger partial charge on any atom is 0.129 e. The van der Waals surface area contributed by atoms with E-state index in [-0.39, 0.29) is 5.82 Å². The lowest BCUT2D eigenvalue weighted by Crippen LogP contribution is -2.33. The van der Waals surface area contributed by atoms with Crippen LogP contribution < -0.4 is 5.73 Å². The number of fused-ring (bicyclic) bond motifs is 1. The van der Waals surface area contributed by atoms with Crippen molar-refractivity contribution in [2.24, 2.45) is 5.73 Å². The molecule has 0 amide bonds. The molecule has 0 fully saturated rings. The van der Waals surface area contributed by atoms with Crippen molar-refractivity contribution in [1.29, 1.82) is 0 Å². The third-order valence-corrected chi connectivity index (χ3v) is 3.28. The van der Waals surface area contributed by atoms with Gasteiger partial charge >= 0.3 is 0 Å². The van der Waals surface area contributed by atoms with Gasteiger partial charge in [0, 0.05) is 5.56 Å². The van der Waals surface area contributed by atoms with Gasteiger partial charge in [0.05, 0.1) is 5.54 Å². The average molecular weight is 191 g/mol. The molecule has 2 rings (SSSR count). The smallest absolute Gasteiger partial charge is 0.129 e. The normalized spacial score (nSPS) is 25.5. The van der Waals surface area contributed by atoms with Gasteiger partial charge in [-0.3, -0.25) is 0 Å². The summed E-state index contributed by atoms with van der Waals surface area (Å²) in [7, 11) is 0. The van der Waals surface area contributed by atoms with Gasteiger partial charge in [0.2, 0.25) is 0 Å². The lowest BCUT2D eigenvalue weighted by atomic mass is 9.90. The van der Waals surface area contributed by atoms with Crippen LogP contribution in [0.3, 0.4) is 0 Å². The van der Waals surface area contributed by atoms with E-state index in [2.05, 4.69) is 0 Å². The van der Waals surface area contributed by atoms with Gasteiger partial charge in [-0.05, 0) is 43.5 Å². The first-order valence-electron chi connectivity index (χ1n) is 4.72. The second kappa shape index (κ2) is 2.67. The van der Waals surface area contributed by atoms with Crippen molar-refractivity contribution < 1.29 is 4.39 Å². The number of hydrogen-bond donors (Lipinski definition) is 1. The Morgan fingerprint density at radius 2 is 1.93 bits per heavy atom. The molecule has 1 nitrogen and oxygen atoms in total. The zero-order valence-corrected chi connectivity index (χ0v) is 8.69. The summed E-state index contributed by atoms with van der Waals surface area (Å²) in [5, 5.41) is 0. The van der Waals surface area contributed by atoms with Gasteiger partial charge in [-0.15, -0.1) is 0 Å². The number of hydrogen-bond acceptors (Lipinski definition) is 1. The summed E-state index contributed by atoms with van der Waals surface area (Å²) in [6.07, 6.45) is 0. The fourth-order valence-electron chi connectivity index (χ4n) is 2.14. The maximum atomic E-state index is 13.6. The van der Waals surface area contributed by atoms with E-state index >= 15 is 0 Å². The van der Waals surface area contributed by atoms with Gasteiger partial charge in [0.1, 0.15) is 5.82 Å². The second-order valence-electron chi connectivity index (χ2n) is 4.11. The first-order valence-corrected chi connectivity index (χ1v) is 4.72. The molecule has 0 heterocycles.